The van der Waals surface area contributed by atoms with Crippen molar-refractivity contribution in [3.8, 4) is 0 Å². The van der Waals surface area contributed by atoms with Gasteiger partial charge < -0.3 is 19.5 Å². The molecule has 0 spiro atoms. The summed E-state index contributed by atoms with van der Waals surface area (Å²) in [7, 11) is 5.84. The largest absolute Gasteiger partial charge is 0.381 e. The molecule has 21 heavy (non-hydrogen) atoms. The number of nitrogens with one attached hydrogen (secondary N) is 1. The number of halogens is 1. The molecule has 6 heteroatoms. The molecule has 2 heterocycles. The molecular formula is C15H25ClN4O. The third-order valence-electron chi connectivity index (χ3n) is 4.02. The Morgan fingerprint density at radius 2 is 2.38 bits per heavy atom. The molecule has 118 valence electrons. The van der Waals surface area contributed by atoms with Crippen molar-refractivity contribution < 1.29 is 4.74 Å². The number of ether oxygens (including phenoxy) is 1. The summed E-state index contributed by atoms with van der Waals surface area (Å²) >= 11 is 6.03. The van der Waals surface area contributed by atoms with Gasteiger partial charge in [0.1, 0.15) is 0 Å². The van der Waals surface area contributed by atoms with Gasteiger partial charge in [-0.05, 0) is 12.5 Å². The van der Waals surface area contributed by atoms with Crippen LogP contribution < -0.4 is 5.32 Å². The van der Waals surface area contributed by atoms with E-state index in [1.165, 1.54) is 0 Å². The lowest BCUT2D eigenvalue weighted by Crippen LogP contribution is -2.43. The average Bonchev–Trinajstić information content (AvgIpc) is 2.97. The number of rotatable bonds is 4. The van der Waals surface area contributed by atoms with Crippen LogP contribution in [0.15, 0.2) is 17.3 Å². The second kappa shape index (κ2) is 6.71. The summed E-state index contributed by atoms with van der Waals surface area (Å²) in [5.41, 5.74) is 1.35. The van der Waals surface area contributed by atoms with Gasteiger partial charge in [0.2, 0.25) is 0 Å². The van der Waals surface area contributed by atoms with Gasteiger partial charge in [0, 0.05) is 51.6 Å². The molecule has 1 aromatic heterocycles. The standard InChI is InChI=1S/C15H25ClN4O/c1-15(5-6-21-11-15)10-18-14(17-2)20(4)9-13-7-12(16)8-19(13)3/h7-8H,5-6,9-11H2,1-4H3,(H,17,18). The van der Waals surface area contributed by atoms with Crippen LogP contribution in [0.4, 0.5) is 0 Å². The predicted molar refractivity (Wildman–Crippen MR) is 86.8 cm³/mol. The second-order valence-electron chi connectivity index (χ2n) is 6.13. The highest BCUT2D eigenvalue weighted by molar-refractivity contribution is 6.30. The van der Waals surface area contributed by atoms with Crippen molar-refractivity contribution in [2.45, 2.75) is 19.9 Å². The number of hydrogen-bond donors (Lipinski definition) is 1. The molecule has 1 aliphatic rings. The van der Waals surface area contributed by atoms with Crippen molar-refractivity contribution >= 4 is 17.6 Å². The fraction of sp³-hybridized carbons (Fsp3) is 0.667. The zero-order valence-corrected chi connectivity index (χ0v) is 14.1. The summed E-state index contributed by atoms with van der Waals surface area (Å²) in [4.78, 5) is 6.46. The molecule has 0 saturated carbocycles. The van der Waals surface area contributed by atoms with E-state index < -0.39 is 0 Å². The van der Waals surface area contributed by atoms with E-state index in [1.54, 1.807) is 0 Å². The molecule has 1 atom stereocenters. The van der Waals surface area contributed by atoms with Gasteiger partial charge in [-0.3, -0.25) is 4.99 Å². The van der Waals surface area contributed by atoms with Gasteiger partial charge in [-0.25, -0.2) is 0 Å². The van der Waals surface area contributed by atoms with Crippen LogP contribution in [-0.2, 0) is 18.3 Å². The van der Waals surface area contributed by atoms with Gasteiger partial charge in [-0.1, -0.05) is 18.5 Å². The zero-order chi connectivity index (χ0) is 15.5. The molecule has 0 aliphatic carbocycles. The summed E-state index contributed by atoms with van der Waals surface area (Å²) in [5.74, 6) is 0.889. The summed E-state index contributed by atoms with van der Waals surface area (Å²) in [6.07, 6.45) is 3.01. The Labute approximate surface area is 131 Å². The Kier molecular flexibility index (Phi) is 5.17. The van der Waals surface area contributed by atoms with E-state index in [1.807, 2.05) is 38.0 Å². The quantitative estimate of drug-likeness (QED) is 0.684. The number of aromatic nitrogens is 1. The zero-order valence-electron chi connectivity index (χ0n) is 13.3. The van der Waals surface area contributed by atoms with E-state index in [0.29, 0.717) is 0 Å². The molecule has 1 aliphatic heterocycles. The highest BCUT2D eigenvalue weighted by Crippen LogP contribution is 2.26. The molecule has 2 rings (SSSR count). The minimum Gasteiger partial charge on any atom is -0.381 e. The van der Waals surface area contributed by atoms with Crippen molar-refractivity contribution in [1.82, 2.24) is 14.8 Å². The highest BCUT2D eigenvalue weighted by Gasteiger charge is 2.30. The van der Waals surface area contributed by atoms with Gasteiger partial charge in [-0.2, -0.15) is 0 Å². The van der Waals surface area contributed by atoms with E-state index in [-0.39, 0.29) is 5.41 Å². The van der Waals surface area contributed by atoms with Gasteiger partial charge in [0.25, 0.3) is 0 Å². The maximum atomic E-state index is 6.03. The molecule has 0 bridgehead atoms. The molecule has 1 saturated heterocycles. The molecule has 1 N–H and O–H groups in total. The van der Waals surface area contributed by atoms with Gasteiger partial charge in [0.05, 0.1) is 18.2 Å². The van der Waals surface area contributed by atoms with Crippen molar-refractivity contribution in [3.05, 3.63) is 23.0 Å². The average molecular weight is 313 g/mol. The molecule has 0 radical (unpaired) electrons. The van der Waals surface area contributed by atoms with Crippen LogP contribution in [0.1, 0.15) is 19.0 Å². The fourth-order valence-electron chi connectivity index (χ4n) is 2.57. The lowest BCUT2D eigenvalue weighted by molar-refractivity contribution is 0.160. The molecule has 1 fully saturated rings. The summed E-state index contributed by atoms with van der Waals surface area (Å²) in [6.45, 7) is 5.55. The Morgan fingerprint density at radius 1 is 1.62 bits per heavy atom. The second-order valence-corrected chi connectivity index (χ2v) is 6.57. The van der Waals surface area contributed by atoms with E-state index >= 15 is 0 Å². The monoisotopic (exact) mass is 312 g/mol. The van der Waals surface area contributed by atoms with E-state index in [0.717, 1.165) is 49.4 Å². The maximum Gasteiger partial charge on any atom is 0.193 e. The first kappa shape index (κ1) is 16.2. The summed E-state index contributed by atoms with van der Waals surface area (Å²) < 4.78 is 7.53. The number of hydrogen-bond acceptors (Lipinski definition) is 2. The number of aryl methyl sites for hydroxylation is 1. The topological polar surface area (TPSA) is 41.8 Å². The smallest absolute Gasteiger partial charge is 0.193 e. The lowest BCUT2D eigenvalue weighted by Gasteiger charge is -2.27. The van der Waals surface area contributed by atoms with Crippen molar-refractivity contribution in [2.24, 2.45) is 17.5 Å². The summed E-state index contributed by atoms with van der Waals surface area (Å²) in [5, 5.41) is 4.22. The van der Waals surface area contributed by atoms with Crippen molar-refractivity contribution in [1.29, 1.82) is 0 Å². The van der Waals surface area contributed by atoms with Crippen LogP contribution >= 0.6 is 11.6 Å². The number of aliphatic imine (C=N–C) groups is 1. The van der Waals surface area contributed by atoms with Crippen LogP contribution in [0.2, 0.25) is 5.02 Å². The van der Waals surface area contributed by atoms with E-state index in [4.69, 9.17) is 16.3 Å². The minimum absolute atomic E-state index is 0.199. The van der Waals surface area contributed by atoms with Crippen molar-refractivity contribution in [2.75, 3.05) is 33.9 Å². The van der Waals surface area contributed by atoms with Crippen LogP contribution in [0, 0.1) is 5.41 Å². The Balaban J connectivity index is 1.92. The van der Waals surface area contributed by atoms with E-state index in [9.17, 15) is 0 Å². The molecule has 5 nitrogen and oxygen atoms in total. The first-order valence-corrected chi connectivity index (χ1v) is 7.61. The third-order valence-corrected chi connectivity index (χ3v) is 4.23. The van der Waals surface area contributed by atoms with Gasteiger partial charge in [0.15, 0.2) is 5.96 Å². The SMILES string of the molecule is CN=C(NCC1(C)CCOC1)N(C)Cc1cc(Cl)cn1C. The van der Waals surface area contributed by atoms with Crippen molar-refractivity contribution in [3.63, 3.8) is 0 Å². The first-order chi connectivity index (χ1) is 9.93. The van der Waals surface area contributed by atoms with Crippen LogP contribution in [0.25, 0.3) is 0 Å². The molecule has 1 aromatic rings. The molecule has 1 unspecified atom stereocenters. The van der Waals surface area contributed by atoms with Crippen LogP contribution in [0.3, 0.4) is 0 Å². The summed E-state index contributed by atoms with van der Waals surface area (Å²) in [6, 6.07) is 1.98. The first-order valence-electron chi connectivity index (χ1n) is 7.24. The van der Waals surface area contributed by atoms with Gasteiger partial charge >= 0.3 is 0 Å². The Bertz CT molecular complexity index is 506. The Hall–Kier alpha value is -1.20. The Morgan fingerprint density at radius 3 is 2.90 bits per heavy atom. The van der Waals surface area contributed by atoms with Gasteiger partial charge in [-0.15, -0.1) is 0 Å². The molecular weight excluding hydrogens is 288 g/mol. The normalized spacial score (nSPS) is 22.6. The van der Waals surface area contributed by atoms with E-state index in [2.05, 4.69) is 22.1 Å². The van der Waals surface area contributed by atoms with Crippen LogP contribution in [-0.4, -0.2) is 49.3 Å². The predicted octanol–water partition coefficient (Wildman–Crippen LogP) is 2.11. The minimum atomic E-state index is 0.199. The number of guanidine groups is 1. The van der Waals surface area contributed by atoms with Crippen LogP contribution in [0.5, 0.6) is 0 Å². The highest BCUT2D eigenvalue weighted by atomic mass is 35.5. The maximum absolute atomic E-state index is 6.03. The number of nitrogens with zero attached hydrogens (tertiary/aromatic N) is 3. The fourth-order valence-corrected chi connectivity index (χ4v) is 2.84. The molecule has 0 amide bonds. The molecule has 0 aromatic carbocycles. The third kappa shape index (κ3) is 4.14. The lowest BCUT2D eigenvalue weighted by atomic mass is 9.90.